The van der Waals surface area contributed by atoms with Gasteiger partial charge in [-0.25, -0.2) is 0 Å². The van der Waals surface area contributed by atoms with Crippen LogP contribution in [0.3, 0.4) is 0 Å². The van der Waals surface area contributed by atoms with Gasteiger partial charge in [0.1, 0.15) is 0 Å². The van der Waals surface area contributed by atoms with Gasteiger partial charge in [-0.1, -0.05) is 25.1 Å². The molecule has 0 aromatic heterocycles. The first-order valence-electron chi connectivity index (χ1n) is 8.52. The average molecular weight is 300 g/mol. The van der Waals surface area contributed by atoms with Crippen molar-refractivity contribution in [1.82, 2.24) is 4.90 Å². The van der Waals surface area contributed by atoms with E-state index in [1.54, 1.807) is 6.92 Å². The van der Waals surface area contributed by atoms with E-state index in [1.165, 1.54) is 11.3 Å². The van der Waals surface area contributed by atoms with E-state index in [1.807, 2.05) is 4.90 Å². The van der Waals surface area contributed by atoms with Gasteiger partial charge in [-0.3, -0.25) is 4.79 Å². The third kappa shape index (κ3) is 2.31. The average Bonchev–Trinajstić information content (AvgIpc) is 2.84. The molecule has 1 aromatic rings. The van der Waals surface area contributed by atoms with Crippen LogP contribution in [-0.2, 0) is 10.2 Å². The van der Waals surface area contributed by atoms with Crippen molar-refractivity contribution in [2.75, 3.05) is 24.5 Å². The van der Waals surface area contributed by atoms with Crippen LogP contribution in [0.2, 0.25) is 0 Å². The quantitative estimate of drug-likeness (QED) is 0.833. The van der Waals surface area contributed by atoms with Crippen molar-refractivity contribution in [3.05, 3.63) is 29.8 Å². The van der Waals surface area contributed by atoms with E-state index in [0.717, 1.165) is 38.9 Å². The van der Waals surface area contributed by atoms with Gasteiger partial charge in [0.25, 0.3) is 0 Å². The highest BCUT2D eigenvalue weighted by atomic mass is 16.2. The highest BCUT2D eigenvalue weighted by Crippen LogP contribution is 2.49. The fraction of sp³-hybridized carbons (Fsp3) is 0.632. The second-order valence-electron chi connectivity index (χ2n) is 7.56. The lowest BCUT2D eigenvalue weighted by Gasteiger charge is -2.42. The number of para-hydroxylation sites is 1. The molecule has 3 nitrogen and oxygen atoms in total. The van der Waals surface area contributed by atoms with Gasteiger partial charge in [0.05, 0.1) is 0 Å². The molecule has 3 heteroatoms. The molecule has 1 spiro atoms. The van der Waals surface area contributed by atoms with E-state index in [2.05, 4.69) is 49.9 Å². The Labute approximate surface area is 134 Å². The number of fused-ring (bicyclic) bond motifs is 2. The molecule has 0 unspecified atom stereocenters. The molecule has 1 saturated heterocycles. The number of amides is 1. The molecule has 0 saturated carbocycles. The van der Waals surface area contributed by atoms with Crippen LogP contribution < -0.4 is 4.90 Å². The normalized spacial score (nSPS) is 20.4. The SMILES string of the molecule is CCC(C)(C)N1CC2(CCN(C(C)=O)CC2)c2ccccc21. The molecule has 120 valence electrons. The zero-order chi connectivity index (χ0) is 16.0. The van der Waals surface area contributed by atoms with Gasteiger partial charge in [0, 0.05) is 43.2 Å². The highest BCUT2D eigenvalue weighted by molar-refractivity contribution is 5.73. The van der Waals surface area contributed by atoms with Crippen molar-refractivity contribution in [3.63, 3.8) is 0 Å². The number of nitrogens with zero attached hydrogens (tertiary/aromatic N) is 2. The topological polar surface area (TPSA) is 23.6 Å². The smallest absolute Gasteiger partial charge is 0.219 e. The van der Waals surface area contributed by atoms with E-state index in [-0.39, 0.29) is 16.9 Å². The van der Waals surface area contributed by atoms with Gasteiger partial charge in [-0.2, -0.15) is 0 Å². The number of benzene rings is 1. The molecule has 1 aromatic carbocycles. The number of carbonyl (C=O) groups excluding carboxylic acids is 1. The van der Waals surface area contributed by atoms with E-state index in [4.69, 9.17) is 0 Å². The van der Waals surface area contributed by atoms with Crippen molar-refractivity contribution >= 4 is 11.6 Å². The Hall–Kier alpha value is -1.51. The first kappa shape index (κ1) is 15.4. The van der Waals surface area contributed by atoms with Crippen molar-refractivity contribution in [3.8, 4) is 0 Å². The highest BCUT2D eigenvalue weighted by Gasteiger charge is 2.47. The van der Waals surface area contributed by atoms with Gasteiger partial charge < -0.3 is 9.80 Å². The van der Waals surface area contributed by atoms with Gasteiger partial charge >= 0.3 is 0 Å². The zero-order valence-corrected chi connectivity index (χ0v) is 14.4. The molecule has 0 radical (unpaired) electrons. The molecule has 3 rings (SSSR count). The van der Waals surface area contributed by atoms with Crippen LogP contribution in [0.1, 0.15) is 52.5 Å². The van der Waals surface area contributed by atoms with Gasteiger partial charge in [0.15, 0.2) is 0 Å². The number of piperidine rings is 1. The van der Waals surface area contributed by atoms with Crippen molar-refractivity contribution in [2.24, 2.45) is 0 Å². The maximum absolute atomic E-state index is 11.6. The second-order valence-corrected chi connectivity index (χ2v) is 7.56. The zero-order valence-electron chi connectivity index (χ0n) is 14.4. The number of anilines is 1. The van der Waals surface area contributed by atoms with Gasteiger partial charge in [-0.15, -0.1) is 0 Å². The largest absolute Gasteiger partial charge is 0.365 e. The summed E-state index contributed by atoms with van der Waals surface area (Å²) in [4.78, 5) is 16.2. The molecule has 1 amide bonds. The van der Waals surface area contributed by atoms with E-state index < -0.39 is 0 Å². The molecule has 0 atom stereocenters. The molecule has 2 heterocycles. The molecule has 22 heavy (non-hydrogen) atoms. The minimum atomic E-state index is 0.178. The molecular formula is C19H28N2O. The van der Waals surface area contributed by atoms with Crippen LogP contribution in [0.5, 0.6) is 0 Å². The lowest BCUT2D eigenvalue weighted by atomic mass is 9.74. The summed E-state index contributed by atoms with van der Waals surface area (Å²) in [6.45, 7) is 11.5. The van der Waals surface area contributed by atoms with Gasteiger partial charge in [0.2, 0.25) is 5.91 Å². The fourth-order valence-electron chi connectivity index (χ4n) is 4.04. The third-order valence-corrected chi connectivity index (χ3v) is 5.99. The predicted molar refractivity (Wildman–Crippen MR) is 91.3 cm³/mol. The Kier molecular flexibility index (Phi) is 3.70. The van der Waals surface area contributed by atoms with Crippen molar-refractivity contribution in [2.45, 2.75) is 57.9 Å². The Morgan fingerprint density at radius 1 is 1.23 bits per heavy atom. The summed E-state index contributed by atoms with van der Waals surface area (Å²) in [5.74, 6) is 0.215. The van der Waals surface area contributed by atoms with Crippen LogP contribution in [0, 0.1) is 0 Å². The summed E-state index contributed by atoms with van der Waals surface area (Å²) in [5.41, 5.74) is 3.32. The number of likely N-dealkylation sites (tertiary alicyclic amines) is 1. The van der Waals surface area contributed by atoms with E-state index in [9.17, 15) is 4.79 Å². The summed E-state index contributed by atoms with van der Waals surface area (Å²) >= 11 is 0. The van der Waals surface area contributed by atoms with E-state index >= 15 is 0 Å². The Morgan fingerprint density at radius 2 is 1.86 bits per heavy atom. The van der Waals surface area contributed by atoms with Crippen LogP contribution in [0.15, 0.2) is 24.3 Å². The Bertz CT molecular complexity index is 571. The van der Waals surface area contributed by atoms with Crippen LogP contribution in [0.25, 0.3) is 0 Å². The van der Waals surface area contributed by atoms with Crippen LogP contribution in [0.4, 0.5) is 5.69 Å². The molecule has 0 bridgehead atoms. The summed E-state index contributed by atoms with van der Waals surface area (Å²) in [5, 5.41) is 0. The van der Waals surface area contributed by atoms with E-state index in [0.29, 0.717) is 0 Å². The first-order valence-corrected chi connectivity index (χ1v) is 8.52. The maximum atomic E-state index is 11.6. The van der Waals surface area contributed by atoms with Gasteiger partial charge in [-0.05, 0) is 44.7 Å². The third-order valence-electron chi connectivity index (χ3n) is 5.99. The van der Waals surface area contributed by atoms with Crippen molar-refractivity contribution < 1.29 is 4.79 Å². The Morgan fingerprint density at radius 3 is 2.45 bits per heavy atom. The molecular weight excluding hydrogens is 272 g/mol. The van der Waals surface area contributed by atoms with Crippen molar-refractivity contribution in [1.29, 1.82) is 0 Å². The molecule has 0 N–H and O–H groups in total. The number of hydrogen-bond donors (Lipinski definition) is 0. The lowest BCUT2D eigenvalue weighted by molar-refractivity contribution is -0.130. The number of hydrogen-bond acceptors (Lipinski definition) is 2. The molecule has 2 aliphatic heterocycles. The van der Waals surface area contributed by atoms with Crippen LogP contribution >= 0.6 is 0 Å². The summed E-state index contributed by atoms with van der Waals surface area (Å²) in [6.07, 6.45) is 3.30. The number of carbonyl (C=O) groups is 1. The summed E-state index contributed by atoms with van der Waals surface area (Å²) < 4.78 is 0. The standard InChI is InChI=1S/C19H28N2O/c1-5-18(3,4)21-14-19(16-8-6-7-9-17(16)21)10-12-20(13-11-19)15(2)22/h6-9H,5,10-14H2,1-4H3. The second kappa shape index (κ2) is 5.29. The molecule has 2 aliphatic rings. The lowest BCUT2D eigenvalue weighted by Crippen LogP contribution is -2.50. The maximum Gasteiger partial charge on any atom is 0.219 e. The fourth-order valence-corrected chi connectivity index (χ4v) is 4.04. The molecule has 1 fully saturated rings. The van der Waals surface area contributed by atoms with Crippen LogP contribution in [-0.4, -0.2) is 36.0 Å². The number of rotatable bonds is 2. The monoisotopic (exact) mass is 300 g/mol. The summed E-state index contributed by atoms with van der Waals surface area (Å²) in [7, 11) is 0. The Balaban J connectivity index is 1.94. The predicted octanol–water partition coefficient (Wildman–Crippen LogP) is 3.58. The molecule has 0 aliphatic carbocycles. The summed E-state index contributed by atoms with van der Waals surface area (Å²) in [6, 6.07) is 8.91. The first-order chi connectivity index (χ1) is 10.4. The minimum absolute atomic E-state index is 0.178. The minimum Gasteiger partial charge on any atom is -0.365 e.